The minimum absolute atomic E-state index is 0.143. The highest BCUT2D eigenvalue weighted by Gasteiger charge is 2.66. The number of benzene rings is 1. The lowest BCUT2D eigenvalue weighted by molar-refractivity contribution is -0.0599. The second kappa shape index (κ2) is 5.24. The van der Waals surface area contributed by atoms with Crippen LogP contribution in [0.2, 0.25) is 0 Å². The van der Waals surface area contributed by atoms with E-state index in [2.05, 4.69) is 49.1 Å². The van der Waals surface area contributed by atoms with E-state index in [1.165, 1.54) is 53.6 Å². The number of rotatable bonds is 1. The van der Waals surface area contributed by atoms with E-state index < -0.39 is 0 Å². The smallest absolute Gasteiger partial charge is 0.150 e. The number of para-hydroxylation sites is 1. The van der Waals surface area contributed by atoms with E-state index in [0.717, 1.165) is 23.7 Å². The summed E-state index contributed by atoms with van der Waals surface area (Å²) in [6.45, 7) is 4.74. The van der Waals surface area contributed by atoms with Gasteiger partial charge in [0.2, 0.25) is 0 Å². The average molecular weight is 390 g/mol. The molecule has 3 heteroatoms. The molecule has 3 aromatic rings. The Morgan fingerprint density at radius 1 is 1.00 bits per heavy atom. The Morgan fingerprint density at radius 3 is 2.43 bits per heavy atom. The molecule has 4 saturated carbocycles. The van der Waals surface area contributed by atoms with Gasteiger partial charge in [0.1, 0.15) is 0 Å². The van der Waals surface area contributed by atoms with Gasteiger partial charge in [-0.05, 0) is 87.3 Å². The van der Waals surface area contributed by atoms with Crippen LogP contribution in [0.15, 0.2) is 41.0 Å². The largest absolute Gasteiger partial charge is 0.463 e. The SMILES string of the molecule is Cc1ccccc1N1[C@@H](C)c2sc3ccoc3c2C12C1CC3CC(C1)CC2C3. The normalized spacial score (nSPS) is 38.1. The van der Waals surface area contributed by atoms with Gasteiger partial charge in [-0.2, -0.15) is 0 Å². The molecule has 0 radical (unpaired) electrons. The summed E-state index contributed by atoms with van der Waals surface area (Å²) in [7, 11) is 0. The summed E-state index contributed by atoms with van der Waals surface area (Å²) in [4.78, 5) is 4.45. The molecule has 2 nitrogen and oxygen atoms in total. The highest BCUT2D eigenvalue weighted by Crippen LogP contribution is 2.70. The number of thiophene rings is 1. The summed E-state index contributed by atoms with van der Waals surface area (Å²) in [5, 5.41) is 0. The molecule has 4 aliphatic carbocycles. The molecule has 144 valence electrons. The maximum atomic E-state index is 6.18. The molecule has 0 saturated heterocycles. The molecule has 2 aromatic heterocycles. The first-order valence-corrected chi connectivity index (χ1v) is 11.8. The van der Waals surface area contributed by atoms with Crippen LogP contribution in [0.25, 0.3) is 10.3 Å². The van der Waals surface area contributed by atoms with Crippen LogP contribution in [0.4, 0.5) is 5.69 Å². The van der Waals surface area contributed by atoms with E-state index in [-0.39, 0.29) is 5.54 Å². The molecule has 4 bridgehead atoms. The first kappa shape index (κ1) is 16.1. The number of nitrogens with zero attached hydrogens (tertiary/aromatic N) is 1. The van der Waals surface area contributed by atoms with Gasteiger partial charge in [0.05, 0.1) is 22.5 Å². The van der Waals surface area contributed by atoms with Crippen LogP contribution in [-0.2, 0) is 5.54 Å². The van der Waals surface area contributed by atoms with Crippen molar-refractivity contribution in [2.24, 2.45) is 23.7 Å². The van der Waals surface area contributed by atoms with Crippen molar-refractivity contribution < 1.29 is 4.42 Å². The maximum Gasteiger partial charge on any atom is 0.150 e. The quantitative estimate of drug-likeness (QED) is 0.444. The number of furan rings is 1. The number of fused-ring (bicyclic) bond motifs is 3. The van der Waals surface area contributed by atoms with Gasteiger partial charge in [-0.15, -0.1) is 11.3 Å². The molecule has 0 N–H and O–H groups in total. The van der Waals surface area contributed by atoms with Crippen LogP contribution in [-0.4, -0.2) is 0 Å². The van der Waals surface area contributed by atoms with Gasteiger partial charge in [0.15, 0.2) is 5.58 Å². The number of anilines is 1. The minimum Gasteiger partial charge on any atom is -0.463 e. The fourth-order valence-electron chi connectivity index (χ4n) is 8.02. The zero-order valence-electron chi connectivity index (χ0n) is 16.7. The van der Waals surface area contributed by atoms with Crippen molar-refractivity contribution in [3.05, 3.63) is 52.6 Å². The molecule has 4 fully saturated rings. The predicted molar refractivity (Wildman–Crippen MR) is 115 cm³/mol. The highest BCUT2D eigenvalue weighted by molar-refractivity contribution is 7.19. The molecular formula is C25H27NOS. The molecule has 8 rings (SSSR count). The molecule has 1 aliphatic heterocycles. The molecule has 0 unspecified atom stereocenters. The molecule has 0 amide bonds. The van der Waals surface area contributed by atoms with Crippen LogP contribution in [0.5, 0.6) is 0 Å². The van der Waals surface area contributed by atoms with Crippen molar-refractivity contribution in [2.75, 3.05) is 4.90 Å². The Morgan fingerprint density at radius 2 is 1.71 bits per heavy atom. The average Bonchev–Trinajstić information content (AvgIpc) is 3.32. The molecule has 5 aliphatic rings. The van der Waals surface area contributed by atoms with Crippen LogP contribution in [0.1, 0.15) is 61.1 Å². The molecule has 1 atom stereocenters. The van der Waals surface area contributed by atoms with E-state index >= 15 is 0 Å². The van der Waals surface area contributed by atoms with Gasteiger partial charge in [0, 0.05) is 16.1 Å². The highest BCUT2D eigenvalue weighted by atomic mass is 32.1. The second-order valence-corrected chi connectivity index (χ2v) is 11.0. The van der Waals surface area contributed by atoms with Gasteiger partial charge in [-0.3, -0.25) is 0 Å². The lowest BCUT2D eigenvalue weighted by atomic mass is 9.47. The van der Waals surface area contributed by atoms with E-state index in [9.17, 15) is 0 Å². The zero-order chi connectivity index (χ0) is 18.6. The van der Waals surface area contributed by atoms with Crippen molar-refractivity contribution in [1.29, 1.82) is 0 Å². The van der Waals surface area contributed by atoms with E-state index in [1.807, 2.05) is 17.6 Å². The van der Waals surface area contributed by atoms with Crippen LogP contribution >= 0.6 is 11.3 Å². The van der Waals surface area contributed by atoms with E-state index in [0.29, 0.717) is 6.04 Å². The second-order valence-electron chi connectivity index (χ2n) is 9.92. The third-order valence-corrected chi connectivity index (χ3v) is 9.95. The molecule has 1 aromatic carbocycles. The van der Waals surface area contributed by atoms with Crippen molar-refractivity contribution in [1.82, 2.24) is 0 Å². The summed E-state index contributed by atoms with van der Waals surface area (Å²) < 4.78 is 7.53. The lowest BCUT2D eigenvalue weighted by Crippen LogP contribution is -2.62. The topological polar surface area (TPSA) is 16.4 Å². The van der Waals surface area contributed by atoms with Crippen molar-refractivity contribution in [3.8, 4) is 0 Å². The first-order valence-electron chi connectivity index (χ1n) is 11.0. The van der Waals surface area contributed by atoms with Crippen LogP contribution in [0, 0.1) is 30.6 Å². The Kier molecular flexibility index (Phi) is 3.01. The predicted octanol–water partition coefficient (Wildman–Crippen LogP) is 7.04. The summed E-state index contributed by atoms with van der Waals surface area (Å²) in [6.07, 6.45) is 9.07. The fraction of sp³-hybridized carbons (Fsp3) is 0.520. The maximum absolute atomic E-state index is 6.18. The molecule has 1 spiro atoms. The number of hydrogen-bond acceptors (Lipinski definition) is 3. The third kappa shape index (κ3) is 1.72. The monoisotopic (exact) mass is 389 g/mol. The van der Waals surface area contributed by atoms with Gasteiger partial charge in [0.25, 0.3) is 0 Å². The third-order valence-electron chi connectivity index (χ3n) is 8.65. The van der Waals surface area contributed by atoms with Crippen LogP contribution < -0.4 is 4.90 Å². The van der Waals surface area contributed by atoms with Gasteiger partial charge in [-0.25, -0.2) is 0 Å². The van der Waals surface area contributed by atoms with Crippen LogP contribution in [0.3, 0.4) is 0 Å². The standard InChI is InChI=1S/C25H27NOS/c1-14-5-3-4-6-20(14)26-15(2)24-22(23-21(28-24)7-8-27-23)25(26)18-10-16-9-17(12-18)13-19(25)11-16/h3-8,15-19H,9-13H2,1-2H3/t15-,16?,17?,18?,19?,25?/m0/s1. The molecular weight excluding hydrogens is 362 g/mol. The zero-order valence-corrected chi connectivity index (χ0v) is 17.5. The first-order chi connectivity index (χ1) is 13.7. The van der Waals surface area contributed by atoms with Crippen molar-refractivity contribution >= 4 is 27.3 Å². The Bertz CT molecular complexity index is 1060. The summed E-state index contributed by atoms with van der Waals surface area (Å²) in [5.41, 5.74) is 5.79. The molecule has 28 heavy (non-hydrogen) atoms. The Balaban J connectivity index is 1.55. The Hall–Kier alpha value is -1.74. The Labute approximate surface area is 170 Å². The van der Waals surface area contributed by atoms with Crippen molar-refractivity contribution in [2.45, 2.75) is 57.5 Å². The fourth-order valence-corrected chi connectivity index (χ4v) is 9.26. The van der Waals surface area contributed by atoms with Gasteiger partial charge < -0.3 is 9.32 Å². The van der Waals surface area contributed by atoms with Gasteiger partial charge in [-0.1, -0.05) is 18.2 Å². The van der Waals surface area contributed by atoms with E-state index in [1.54, 1.807) is 10.4 Å². The molecule has 3 heterocycles. The number of aryl methyl sites for hydroxylation is 1. The minimum atomic E-state index is 0.143. The summed E-state index contributed by atoms with van der Waals surface area (Å²) in [5.74, 6) is 3.48. The van der Waals surface area contributed by atoms with Crippen molar-refractivity contribution in [3.63, 3.8) is 0 Å². The lowest BCUT2D eigenvalue weighted by Gasteiger charge is -2.64. The summed E-state index contributed by atoms with van der Waals surface area (Å²) in [6, 6.07) is 11.7. The number of hydrogen-bond donors (Lipinski definition) is 0. The van der Waals surface area contributed by atoms with Gasteiger partial charge >= 0.3 is 0 Å². The van der Waals surface area contributed by atoms with E-state index in [4.69, 9.17) is 4.42 Å². The summed E-state index contributed by atoms with van der Waals surface area (Å²) >= 11 is 1.99.